The zero-order valence-corrected chi connectivity index (χ0v) is 26.4. The first-order chi connectivity index (χ1) is 20.8. The summed E-state index contributed by atoms with van der Waals surface area (Å²) in [7, 11) is 1.61. The van der Waals surface area contributed by atoms with Crippen LogP contribution in [0.15, 0.2) is 47.0 Å². The van der Waals surface area contributed by atoms with E-state index in [1.807, 2.05) is 35.2 Å². The molecule has 1 aromatic heterocycles. The summed E-state index contributed by atoms with van der Waals surface area (Å²) < 4.78 is 11.2. The number of hydrogen-bond acceptors (Lipinski definition) is 6. The van der Waals surface area contributed by atoms with Crippen molar-refractivity contribution in [2.45, 2.75) is 78.8 Å². The van der Waals surface area contributed by atoms with Crippen molar-refractivity contribution in [3.05, 3.63) is 64.9 Å². The van der Waals surface area contributed by atoms with Gasteiger partial charge in [-0.25, -0.2) is 0 Å². The van der Waals surface area contributed by atoms with Crippen LogP contribution in [0.3, 0.4) is 0 Å². The summed E-state index contributed by atoms with van der Waals surface area (Å²) in [5, 5.41) is 4.32. The van der Waals surface area contributed by atoms with Crippen molar-refractivity contribution in [3.63, 3.8) is 0 Å². The van der Waals surface area contributed by atoms with Gasteiger partial charge in [0.05, 0.1) is 12.8 Å². The van der Waals surface area contributed by atoms with Crippen molar-refractivity contribution in [3.8, 4) is 17.0 Å². The molecule has 0 N–H and O–H groups in total. The molecule has 3 aromatic rings. The summed E-state index contributed by atoms with van der Waals surface area (Å²) in [5.41, 5.74) is 4.65. The first-order valence-corrected chi connectivity index (χ1v) is 15.8. The Kier molecular flexibility index (Phi) is 9.86. The maximum absolute atomic E-state index is 14.5. The first kappa shape index (κ1) is 30.8. The number of nitrogens with zero attached hydrogens (tertiary/aromatic N) is 4. The van der Waals surface area contributed by atoms with E-state index in [4.69, 9.17) is 9.26 Å². The average molecular weight is 587 g/mol. The molecule has 0 bridgehead atoms. The molecular weight excluding hydrogens is 540 g/mol. The van der Waals surface area contributed by atoms with E-state index < -0.39 is 0 Å². The highest BCUT2D eigenvalue weighted by molar-refractivity contribution is 6.01. The average Bonchev–Trinajstić information content (AvgIpc) is 3.39. The number of aryl methyl sites for hydroxylation is 2. The molecule has 1 aliphatic heterocycles. The Morgan fingerprint density at radius 1 is 0.930 bits per heavy atom. The quantitative estimate of drug-likeness (QED) is 0.334. The van der Waals surface area contributed by atoms with Crippen molar-refractivity contribution in [2.75, 3.05) is 38.2 Å². The minimum atomic E-state index is -0.139. The Hall–Kier alpha value is -3.65. The van der Waals surface area contributed by atoms with E-state index in [0.29, 0.717) is 54.0 Å². The van der Waals surface area contributed by atoms with Crippen LogP contribution >= 0.6 is 0 Å². The number of ether oxygens (including phenoxy) is 1. The molecule has 0 saturated heterocycles. The molecule has 5 rings (SSSR count). The third-order valence-electron chi connectivity index (χ3n) is 9.11. The van der Waals surface area contributed by atoms with E-state index in [1.165, 1.54) is 6.42 Å². The minimum absolute atomic E-state index is 0.0633. The number of anilines is 1. The highest BCUT2D eigenvalue weighted by atomic mass is 16.5. The van der Waals surface area contributed by atoms with Gasteiger partial charge in [-0.1, -0.05) is 54.8 Å². The zero-order chi connectivity index (χ0) is 30.5. The lowest BCUT2D eigenvalue weighted by Crippen LogP contribution is -2.42. The number of aromatic nitrogens is 1. The smallest absolute Gasteiger partial charge is 0.260 e. The monoisotopic (exact) mass is 586 g/mol. The van der Waals surface area contributed by atoms with Gasteiger partial charge in [-0.3, -0.25) is 14.5 Å². The number of benzene rings is 2. The van der Waals surface area contributed by atoms with Gasteiger partial charge in [0.15, 0.2) is 0 Å². The maximum Gasteiger partial charge on any atom is 0.260 e. The second-order valence-electron chi connectivity index (χ2n) is 12.3. The van der Waals surface area contributed by atoms with E-state index in [0.717, 1.165) is 62.0 Å². The van der Waals surface area contributed by atoms with Crippen LogP contribution in [0.1, 0.15) is 79.6 Å². The molecule has 8 heteroatoms. The summed E-state index contributed by atoms with van der Waals surface area (Å²) in [6.45, 7) is 11.4. The molecule has 2 amide bonds. The number of rotatable bonds is 5. The Morgan fingerprint density at radius 3 is 2.44 bits per heavy atom. The van der Waals surface area contributed by atoms with Crippen LogP contribution in [0.5, 0.6) is 5.75 Å². The Balaban J connectivity index is 1.57. The normalized spacial score (nSPS) is 17.4. The van der Waals surface area contributed by atoms with E-state index in [-0.39, 0.29) is 17.7 Å². The number of carbonyl (C=O) groups excluding carboxylic acids is 2. The van der Waals surface area contributed by atoms with Gasteiger partial charge in [0.2, 0.25) is 5.91 Å². The predicted octanol–water partition coefficient (Wildman–Crippen LogP) is 6.64. The third kappa shape index (κ3) is 6.64. The van der Waals surface area contributed by atoms with Gasteiger partial charge >= 0.3 is 0 Å². The lowest BCUT2D eigenvalue weighted by molar-refractivity contribution is -0.123. The number of fused-ring (bicyclic) bond motifs is 1. The summed E-state index contributed by atoms with van der Waals surface area (Å²) in [6.07, 6.45) is 6.22. The number of methoxy groups -OCH3 is 1. The fraction of sp³-hybridized carbons (Fsp3) is 0.514. The lowest BCUT2D eigenvalue weighted by atomic mass is 9.87. The predicted molar refractivity (Wildman–Crippen MR) is 169 cm³/mol. The van der Waals surface area contributed by atoms with Gasteiger partial charge in [0.25, 0.3) is 5.91 Å². The molecule has 0 spiro atoms. The fourth-order valence-electron chi connectivity index (χ4n) is 6.71. The van der Waals surface area contributed by atoms with Gasteiger partial charge < -0.3 is 19.1 Å². The number of para-hydroxylation sites is 2. The highest BCUT2D eigenvalue weighted by Crippen LogP contribution is 2.35. The van der Waals surface area contributed by atoms with Crippen LogP contribution in [-0.2, 0) is 11.3 Å². The molecule has 1 fully saturated rings. The zero-order valence-electron chi connectivity index (χ0n) is 26.4. The summed E-state index contributed by atoms with van der Waals surface area (Å²) >= 11 is 0. The molecule has 0 atom stereocenters. The third-order valence-corrected chi connectivity index (χ3v) is 9.11. The second kappa shape index (κ2) is 13.8. The molecular formula is C35H46N4O4. The molecule has 2 heterocycles. The minimum Gasteiger partial charge on any atom is -0.496 e. The number of carbonyl (C=O) groups is 2. The number of hydrogen-bond donors (Lipinski definition) is 0. The van der Waals surface area contributed by atoms with E-state index in [1.54, 1.807) is 14.0 Å². The molecule has 230 valence electrons. The highest BCUT2D eigenvalue weighted by Gasteiger charge is 2.32. The Bertz CT molecular complexity index is 1420. The standard InChI is InChI=1S/C35H46N4O4/c1-24(2)37-19-12-20-39(34(40)27-14-7-6-8-15-27)33-25(3)13-11-16-28(33)23-38(22-21-37)35(41)31-26(4)43-36-32(31)29-17-9-10-18-30(29)42-5/h9-11,13,16-18,24,27H,6-8,12,14-15,19-23H2,1-5H3. The van der Waals surface area contributed by atoms with Crippen LogP contribution in [0.4, 0.5) is 5.69 Å². The van der Waals surface area contributed by atoms with Gasteiger partial charge in [-0.05, 0) is 70.2 Å². The number of amides is 2. The van der Waals surface area contributed by atoms with Crippen molar-refractivity contribution in [1.29, 1.82) is 0 Å². The van der Waals surface area contributed by atoms with E-state index >= 15 is 0 Å². The topological polar surface area (TPSA) is 79.1 Å². The Morgan fingerprint density at radius 2 is 1.70 bits per heavy atom. The van der Waals surface area contributed by atoms with E-state index in [2.05, 4.69) is 47.9 Å². The fourth-order valence-corrected chi connectivity index (χ4v) is 6.71. The molecule has 2 aliphatic rings. The maximum atomic E-state index is 14.5. The van der Waals surface area contributed by atoms with Gasteiger partial charge in [-0.15, -0.1) is 0 Å². The summed E-state index contributed by atoms with van der Waals surface area (Å²) in [6, 6.07) is 14.0. The largest absolute Gasteiger partial charge is 0.496 e. The van der Waals surface area contributed by atoms with Gasteiger partial charge in [0.1, 0.15) is 22.8 Å². The van der Waals surface area contributed by atoms with Crippen molar-refractivity contribution >= 4 is 17.5 Å². The molecule has 0 radical (unpaired) electrons. The molecule has 1 saturated carbocycles. The van der Waals surface area contributed by atoms with Crippen LogP contribution in [0.25, 0.3) is 11.3 Å². The molecule has 8 nitrogen and oxygen atoms in total. The summed E-state index contributed by atoms with van der Waals surface area (Å²) in [5.74, 6) is 1.26. The van der Waals surface area contributed by atoms with Gasteiger partial charge in [0, 0.05) is 50.2 Å². The summed E-state index contributed by atoms with van der Waals surface area (Å²) in [4.78, 5) is 35.1. The van der Waals surface area contributed by atoms with Crippen molar-refractivity contribution in [1.82, 2.24) is 15.0 Å². The van der Waals surface area contributed by atoms with E-state index in [9.17, 15) is 9.59 Å². The first-order valence-electron chi connectivity index (χ1n) is 15.8. The molecule has 2 aromatic carbocycles. The lowest BCUT2D eigenvalue weighted by Gasteiger charge is -2.33. The van der Waals surface area contributed by atoms with Crippen LogP contribution in [-0.4, -0.2) is 66.1 Å². The molecule has 0 unspecified atom stereocenters. The SMILES string of the molecule is COc1ccccc1-c1noc(C)c1C(=O)N1CCN(C(C)C)CCCN(C(=O)C2CCCCC2)c2c(C)cccc2C1. The van der Waals surface area contributed by atoms with Crippen LogP contribution < -0.4 is 9.64 Å². The van der Waals surface area contributed by atoms with Crippen molar-refractivity contribution < 1.29 is 18.8 Å². The van der Waals surface area contributed by atoms with Crippen molar-refractivity contribution in [2.24, 2.45) is 5.92 Å². The molecule has 43 heavy (non-hydrogen) atoms. The Labute approximate surface area is 256 Å². The van der Waals surface area contributed by atoms with Crippen LogP contribution in [0.2, 0.25) is 0 Å². The van der Waals surface area contributed by atoms with Crippen LogP contribution in [0, 0.1) is 19.8 Å². The van der Waals surface area contributed by atoms with Gasteiger partial charge in [-0.2, -0.15) is 0 Å². The second-order valence-corrected chi connectivity index (χ2v) is 12.3. The molecule has 1 aliphatic carbocycles.